The normalized spacial score (nSPS) is 25.7. The fraction of sp³-hybridized carbons (Fsp3) is 0.500. The fourth-order valence-electron chi connectivity index (χ4n) is 2.39. The van der Waals surface area contributed by atoms with Crippen molar-refractivity contribution < 1.29 is 92.9 Å². The van der Waals surface area contributed by atoms with E-state index in [1.165, 1.54) is 0 Å². The first kappa shape index (κ1) is 24.2. The van der Waals surface area contributed by atoms with Crippen LogP contribution in [0.25, 0.3) is 11.2 Å². The van der Waals surface area contributed by atoms with Crippen molar-refractivity contribution in [2.75, 3.05) is 12.3 Å². The summed E-state index contributed by atoms with van der Waals surface area (Å²) in [4.78, 5) is 42.7. The maximum atomic E-state index is 11.7. The molecule has 0 aromatic carbocycles. The van der Waals surface area contributed by atoms with E-state index < -0.39 is 44.5 Å². The monoisotopic (exact) mass is 422 g/mol. The Kier molecular flexibility index (Phi) is 8.46. The summed E-state index contributed by atoms with van der Waals surface area (Å²) in [6.45, 7) is -0.776. The van der Waals surface area contributed by atoms with Crippen molar-refractivity contribution in [3.63, 3.8) is 0 Å². The van der Waals surface area contributed by atoms with Gasteiger partial charge in [0.25, 0.3) is 5.56 Å². The van der Waals surface area contributed by atoms with Crippen LogP contribution >= 0.6 is 7.82 Å². The number of nitrogens with two attached hydrogens (primary N) is 1. The molecular formula is C10H12N5Na2O8P. The van der Waals surface area contributed by atoms with Gasteiger partial charge in [0.2, 0.25) is 5.95 Å². The number of rotatable bonds is 4. The first-order valence-electron chi connectivity index (χ1n) is 6.58. The van der Waals surface area contributed by atoms with E-state index in [2.05, 4.69) is 19.5 Å². The number of aromatic nitrogens is 4. The summed E-state index contributed by atoms with van der Waals surface area (Å²) >= 11 is 0. The molecule has 3 heterocycles. The Balaban J connectivity index is 0.00000169. The largest absolute Gasteiger partial charge is 1.00 e. The predicted octanol–water partition coefficient (Wildman–Crippen LogP) is -9.83. The van der Waals surface area contributed by atoms with Gasteiger partial charge < -0.3 is 39.6 Å². The standard InChI is InChI=1S/C10H14N5O8P.2Na/c11-10-13-7-4(8(18)14-10)12-2-15(7)9-6(17)5(16)3(23-9)1-22-24(19,20)21;;/h2-3,5-6,9,16-17H,1H2,(H2,19,20,21)(H3,11,13,14,18);;/q;2*+1/p-2/t3-,5+,6-,9-;;/m1../s1/i1+1,2+1,3+1,4+1,5+1,6+1,7+1,8+1,9+1,10+1,11+1,12+1,13+1,14+1,15+1;;. The Morgan fingerprint density at radius 3 is 2.65 bits per heavy atom. The van der Waals surface area contributed by atoms with Crippen molar-refractivity contribution in [1.29, 1.82) is 0 Å². The number of fused-ring (bicyclic) bond motifs is 1. The molecule has 1 aliphatic heterocycles. The first-order valence-corrected chi connectivity index (χ1v) is 8.04. The van der Waals surface area contributed by atoms with Crippen molar-refractivity contribution >= 4 is 24.9 Å². The zero-order valence-corrected chi connectivity index (χ0v) is 18.7. The van der Waals surface area contributed by atoms with Crippen LogP contribution in [-0.2, 0) is 13.8 Å². The number of nitrogens with one attached hydrogen (secondary N) is 1. The Morgan fingerprint density at radius 2 is 2.04 bits per heavy atom. The molecule has 2 aromatic rings. The zero-order chi connectivity index (χ0) is 17.6. The Bertz CT molecular complexity index is 871. The van der Waals surface area contributed by atoms with E-state index in [4.69, 9.17) is 10.5 Å². The molecule has 0 spiro atoms. The molecule has 16 heteroatoms. The molecule has 1 aliphatic rings. The number of aromatic amines is 1. The smallest absolute Gasteiger partial charge is 0.790 e. The molecule has 2 aromatic heterocycles. The van der Waals surface area contributed by atoms with Gasteiger partial charge in [-0.1, -0.05) is 0 Å². The van der Waals surface area contributed by atoms with Gasteiger partial charge in [-0.3, -0.25) is 14.3 Å². The third-order valence-electron chi connectivity index (χ3n) is 3.46. The second kappa shape index (κ2) is 9.09. The SMILES string of the molecule is [15NH2][13c]1[15n][13c]2[13c]([15n][13cH][15n]2[13C@@H]2O[13C@H]([13CH2]OP(=O)([O-])[O-])[13C@H](O)[13C@H]2O)[13c](=O)[15nH]1.[Na+].[Na+]. The molecule has 4 atom stereocenters. The molecule has 0 unspecified atom stereocenters. The van der Waals surface area contributed by atoms with Crippen molar-refractivity contribution in [2.45, 2.75) is 24.5 Å². The molecule has 132 valence electrons. The van der Waals surface area contributed by atoms with Crippen molar-refractivity contribution in [1.82, 2.24) is 19.5 Å². The summed E-state index contributed by atoms with van der Waals surface area (Å²) in [6.07, 6.45) is -4.46. The number of hydrogen-bond donors (Lipinski definition) is 4. The van der Waals surface area contributed by atoms with Gasteiger partial charge in [-0.15, -0.1) is 0 Å². The number of phosphoric ester groups is 1. The van der Waals surface area contributed by atoms with Crippen LogP contribution in [0, 0.1) is 0 Å². The average Bonchev–Trinajstić information content (AvgIpc) is 3.00. The number of nitrogen functional groups attached to an aromatic ring is 1. The van der Waals surface area contributed by atoms with Gasteiger partial charge >= 0.3 is 59.1 Å². The molecule has 1 fully saturated rings. The van der Waals surface area contributed by atoms with Crippen LogP contribution in [-0.4, -0.2) is 54.7 Å². The number of nitrogens with zero attached hydrogens (tertiary/aromatic N) is 3. The summed E-state index contributed by atoms with van der Waals surface area (Å²) in [5, 5.41) is 20.0. The van der Waals surface area contributed by atoms with Crippen molar-refractivity contribution in [3.05, 3.63) is 16.7 Å². The fourth-order valence-corrected chi connectivity index (χ4v) is 2.72. The minimum Gasteiger partial charge on any atom is -0.790 e. The third kappa shape index (κ3) is 4.94. The number of hydrogen-bond acceptors (Lipinski definition) is 11. The van der Waals surface area contributed by atoms with Crippen LogP contribution in [0.5, 0.6) is 0 Å². The molecule has 0 amide bonds. The molecule has 0 bridgehead atoms. The first-order chi connectivity index (χ1) is 11.2. The van der Waals surface area contributed by atoms with Gasteiger partial charge in [-0.05, 0) is 0 Å². The molecular weight excluding hydrogens is 410 g/mol. The average molecular weight is 422 g/mol. The second-order valence-electron chi connectivity index (χ2n) is 5.06. The molecule has 26 heavy (non-hydrogen) atoms. The minimum absolute atomic E-state index is 0. The molecule has 0 saturated carbocycles. The molecule has 0 aliphatic carbocycles. The second-order valence-corrected chi connectivity index (χ2v) is 6.22. The number of aliphatic hydroxyl groups excluding tert-OH is 2. The van der Waals surface area contributed by atoms with E-state index in [1.807, 2.05) is 0 Å². The zero-order valence-electron chi connectivity index (χ0n) is 13.8. The number of H-pyrrole nitrogens is 1. The van der Waals surface area contributed by atoms with E-state index in [1.54, 1.807) is 0 Å². The van der Waals surface area contributed by atoms with E-state index in [0.29, 0.717) is 0 Å². The van der Waals surface area contributed by atoms with Crippen LogP contribution in [0.2, 0.25) is 0 Å². The Hall–Kier alpha value is 0.140. The van der Waals surface area contributed by atoms with Gasteiger partial charge in [-0.25, -0.2) is 4.98 Å². The quantitative estimate of drug-likeness (QED) is 0.157. The van der Waals surface area contributed by atoms with E-state index in [-0.39, 0.29) is 76.2 Å². The Morgan fingerprint density at radius 1 is 1.38 bits per heavy atom. The summed E-state index contributed by atoms with van der Waals surface area (Å²) in [5.74, 6) is -0.194. The predicted molar refractivity (Wildman–Crippen MR) is 72.0 cm³/mol. The molecule has 0 radical (unpaired) electrons. The molecule has 1 saturated heterocycles. The van der Waals surface area contributed by atoms with E-state index >= 15 is 0 Å². The summed E-state index contributed by atoms with van der Waals surface area (Å²) in [7, 11) is -5.26. The van der Waals surface area contributed by atoms with E-state index in [9.17, 15) is 29.4 Å². The third-order valence-corrected chi connectivity index (χ3v) is 3.92. The van der Waals surface area contributed by atoms with Crippen LogP contribution in [0.15, 0.2) is 11.1 Å². The van der Waals surface area contributed by atoms with Crippen LogP contribution < -0.4 is 80.2 Å². The summed E-state index contributed by atoms with van der Waals surface area (Å²) in [5.41, 5.74) is 4.77. The van der Waals surface area contributed by atoms with Crippen molar-refractivity contribution in [3.8, 4) is 0 Å². The van der Waals surface area contributed by atoms with Gasteiger partial charge in [0.15, 0.2) is 17.4 Å². The van der Waals surface area contributed by atoms with Gasteiger partial charge in [0.05, 0.1) is 20.8 Å². The summed E-state index contributed by atoms with van der Waals surface area (Å²) < 4.78 is 21.0. The minimum atomic E-state index is -5.26. The van der Waals surface area contributed by atoms with Crippen LogP contribution in [0.1, 0.15) is 6.23 Å². The Labute approximate surface area is 189 Å². The van der Waals surface area contributed by atoms with E-state index in [0.717, 1.165) is 10.9 Å². The summed E-state index contributed by atoms with van der Waals surface area (Å²) in [6, 6.07) is 0. The molecule has 3 rings (SSSR count). The molecule has 13 nitrogen and oxygen atoms in total. The van der Waals surface area contributed by atoms with Crippen molar-refractivity contribution in [2.24, 2.45) is 0 Å². The van der Waals surface area contributed by atoms with Gasteiger partial charge in [-0.2, -0.15) is 4.98 Å². The maximum Gasteiger partial charge on any atom is 1.00 e. The number of ether oxygens (including phenoxy) is 1. The number of phosphoric acid groups is 1. The topological polar surface area (TPSA) is 212 Å². The maximum absolute atomic E-state index is 11.7. The van der Waals surface area contributed by atoms with Gasteiger partial charge in [0.1, 0.15) is 18.3 Å². The van der Waals surface area contributed by atoms with Gasteiger partial charge in [0, 0.05) is 0 Å². The molecule has 5 N–H and O–H groups in total. The number of imidazole rings is 1. The number of aliphatic hydroxyl groups is 2. The number of anilines is 1. The van der Waals surface area contributed by atoms with Crippen LogP contribution in [0.3, 0.4) is 0 Å². The van der Waals surface area contributed by atoms with Crippen LogP contribution in [0.4, 0.5) is 5.95 Å².